The monoisotopic (exact) mass is 168 g/mol. The van der Waals surface area contributed by atoms with Gasteiger partial charge in [0.15, 0.2) is 0 Å². The van der Waals surface area contributed by atoms with Gasteiger partial charge in [0.2, 0.25) is 0 Å². The molecule has 1 aliphatic heterocycles. The third-order valence-electron chi connectivity index (χ3n) is 1.67. The molecule has 1 nitrogen and oxygen atoms in total. The zero-order chi connectivity index (χ0) is 6.81. The van der Waals surface area contributed by atoms with Gasteiger partial charge in [-0.25, -0.2) is 0 Å². The van der Waals surface area contributed by atoms with Crippen molar-refractivity contribution in [1.29, 1.82) is 0 Å². The van der Waals surface area contributed by atoms with Crippen molar-refractivity contribution in [3.63, 3.8) is 0 Å². The van der Waals surface area contributed by atoms with E-state index in [-0.39, 0.29) is 12.4 Å². The quantitative estimate of drug-likeness (QED) is 0.540. The molecule has 0 aromatic rings. The van der Waals surface area contributed by atoms with Gasteiger partial charge in [-0.1, -0.05) is 24.3 Å². The Hall–Kier alpha value is -0.950. The van der Waals surface area contributed by atoms with Crippen molar-refractivity contribution in [2.24, 2.45) is 5.92 Å². The predicted octanol–water partition coefficient (Wildman–Crippen LogP) is 2.58. The Balaban J connectivity index is 0.000000605. The molecule has 2 heteroatoms. The topological polar surface area (TPSA) is 9.23 Å². The molecule has 0 bridgehead atoms. The first-order valence-electron chi connectivity index (χ1n) is 3.34. The second-order valence-corrected chi connectivity index (χ2v) is 2.35. The van der Waals surface area contributed by atoms with E-state index in [2.05, 4.69) is 18.2 Å². The summed E-state index contributed by atoms with van der Waals surface area (Å²) in [5.74, 6) is 0.443. The SMILES string of the molecule is C1=CC2=COC=CC2C=C1.Cl. The molecule has 0 fully saturated rings. The van der Waals surface area contributed by atoms with Gasteiger partial charge in [0.25, 0.3) is 0 Å². The minimum absolute atomic E-state index is 0. The highest BCUT2D eigenvalue weighted by atomic mass is 35.5. The normalized spacial score (nSPS) is 24.7. The van der Waals surface area contributed by atoms with Crippen molar-refractivity contribution in [3.8, 4) is 0 Å². The minimum Gasteiger partial charge on any atom is -0.473 e. The molecule has 1 aliphatic carbocycles. The van der Waals surface area contributed by atoms with Crippen LogP contribution in [-0.2, 0) is 4.74 Å². The van der Waals surface area contributed by atoms with Crippen LogP contribution < -0.4 is 0 Å². The third-order valence-corrected chi connectivity index (χ3v) is 1.67. The Morgan fingerprint density at radius 2 is 2.09 bits per heavy atom. The van der Waals surface area contributed by atoms with E-state index in [9.17, 15) is 0 Å². The molecule has 11 heavy (non-hydrogen) atoms. The zero-order valence-corrected chi connectivity index (χ0v) is 6.75. The molecule has 2 rings (SSSR count). The second kappa shape index (κ2) is 3.44. The summed E-state index contributed by atoms with van der Waals surface area (Å²) in [5.41, 5.74) is 1.23. The van der Waals surface area contributed by atoms with Crippen molar-refractivity contribution in [1.82, 2.24) is 0 Å². The standard InChI is InChI=1S/C9H8O.ClH/c1-2-4-9-7-10-6-5-8(9)3-1;/h1-8H;1H. The lowest BCUT2D eigenvalue weighted by Gasteiger charge is -2.15. The van der Waals surface area contributed by atoms with E-state index in [0.29, 0.717) is 5.92 Å². The van der Waals surface area contributed by atoms with Gasteiger partial charge in [-0.3, -0.25) is 0 Å². The molecule has 1 heterocycles. The lowest BCUT2D eigenvalue weighted by Crippen LogP contribution is -2.01. The molecule has 58 valence electrons. The highest BCUT2D eigenvalue weighted by molar-refractivity contribution is 5.85. The van der Waals surface area contributed by atoms with Crippen LogP contribution in [-0.4, -0.2) is 0 Å². The summed E-state index contributed by atoms with van der Waals surface area (Å²) >= 11 is 0. The number of fused-ring (bicyclic) bond motifs is 1. The first kappa shape index (κ1) is 8.15. The third kappa shape index (κ3) is 1.55. The molecule has 1 unspecified atom stereocenters. The Labute approximate surface area is 72.2 Å². The van der Waals surface area contributed by atoms with Gasteiger partial charge in [-0.2, -0.15) is 0 Å². The van der Waals surface area contributed by atoms with Crippen LogP contribution in [0.15, 0.2) is 48.5 Å². The van der Waals surface area contributed by atoms with Gasteiger partial charge in [0, 0.05) is 5.92 Å². The largest absolute Gasteiger partial charge is 0.473 e. The molecule has 0 N–H and O–H groups in total. The summed E-state index contributed by atoms with van der Waals surface area (Å²) in [6.07, 6.45) is 13.8. The van der Waals surface area contributed by atoms with E-state index in [1.807, 2.05) is 12.2 Å². The summed E-state index contributed by atoms with van der Waals surface area (Å²) in [6, 6.07) is 0. The van der Waals surface area contributed by atoms with Gasteiger partial charge in [0.1, 0.15) is 0 Å². The number of hydrogen-bond acceptors (Lipinski definition) is 1. The maximum Gasteiger partial charge on any atom is 0.0942 e. The Bertz CT molecular complexity index is 248. The highest BCUT2D eigenvalue weighted by Gasteiger charge is 2.10. The van der Waals surface area contributed by atoms with Gasteiger partial charge in [0.05, 0.1) is 12.5 Å². The highest BCUT2D eigenvalue weighted by Crippen LogP contribution is 2.22. The summed E-state index contributed by atoms with van der Waals surface area (Å²) in [6.45, 7) is 0. The fraction of sp³-hybridized carbons (Fsp3) is 0.111. The van der Waals surface area contributed by atoms with E-state index in [0.717, 1.165) is 0 Å². The number of ether oxygens (including phenoxy) is 1. The molecular formula is C9H9ClO. The Kier molecular flexibility index (Phi) is 2.55. The lowest BCUT2D eigenvalue weighted by atomic mass is 9.95. The van der Waals surface area contributed by atoms with Crippen molar-refractivity contribution in [2.75, 3.05) is 0 Å². The van der Waals surface area contributed by atoms with Crippen LogP contribution in [0.4, 0.5) is 0 Å². The summed E-state index contributed by atoms with van der Waals surface area (Å²) in [7, 11) is 0. The number of hydrogen-bond donors (Lipinski definition) is 0. The van der Waals surface area contributed by atoms with Crippen LogP contribution in [0.2, 0.25) is 0 Å². The van der Waals surface area contributed by atoms with Crippen LogP contribution in [0.1, 0.15) is 0 Å². The maximum absolute atomic E-state index is 5.01. The smallest absolute Gasteiger partial charge is 0.0942 e. The molecule has 0 saturated carbocycles. The van der Waals surface area contributed by atoms with E-state index >= 15 is 0 Å². The van der Waals surface area contributed by atoms with Crippen molar-refractivity contribution in [2.45, 2.75) is 0 Å². The number of allylic oxidation sites excluding steroid dienone is 6. The number of halogens is 1. The molecule has 0 saturated heterocycles. The molecule has 2 aliphatic rings. The van der Waals surface area contributed by atoms with E-state index in [1.165, 1.54) is 5.57 Å². The van der Waals surface area contributed by atoms with Crippen molar-refractivity contribution in [3.05, 3.63) is 48.5 Å². The van der Waals surface area contributed by atoms with E-state index in [4.69, 9.17) is 4.74 Å². The van der Waals surface area contributed by atoms with Crippen LogP contribution >= 0.6 is 12.4 Å². The maximum atomic E-state index is 5.01. The van der Waals surface area contributed by atoms with Crippen molar-refractivity contribution < 1.29 is 4.74 Å². The predicted molar refractivity (Wildman–Crippen MR) is 47.3 cm³/mol. The summed E-state index contributed by atoms with van der Waals surface area (Å²) in [4.78, 5) is 0. The van der Waals surface area contributed by atoms with E-state index < -0.39 is 0 Å². The Morgan fingerprint density at radius 3 is 2.91 bits per heavy atom. The van der Waals surface area contributed by atoms with Crippen LogP contribution in [0.3, 0.4) is 0 Å². The van der Waals surface area contributed by atoms with Crippen LogP contribution in [0.5, 0.6) is 0 Å². The molecule has 1 atom stereocenters. The van der Waals surface area contributed by atoms with E-state index in [1.54, 1.807) is 12.5 Å². The van der Waals surface area contributed by atoms with Crippen LogP contribution in [0.25, 0.3) is 0 Å². The summed E-state index contributed by atoms with van der Waals surface area (Å²) in [5, 5.41) is 0. The molecule has 0 amide bonds. The molecule has 0 aromatic heterocycles. The van der Waals surface area contributed by atoms with Gasteiger partial charge >= 0.3 is 0 Å². The fourth-order valence-electron chi connectivity index (χ4n) is 1.11. The first-order chi connectivity index (χ1) is 4.97. The molecule has 0 radical (unpaired) electrons. The first-order valence-corrected chi connectivity index (χ1v) is 3.34. The molecule has 0 aromatic carbocycles. The molecular weight excluding hydrogens is 160 g/mol. The lowest BCUT2D eigenvalue weighted by molar-refractivity contribution is 0.383. The number of rotatable bonds is 0. The van der Waals surface area contributed by atoms with Gasteiger partial charge in [-0.15, -0.1) is 12.4 Å². The average molecular weight is 169 g/mol. The van der Waals surface area contributed by atoms with Gasteiger partial charge < -0.3 is 4.74 Å². The fourth-order valence-corrected chi connectivity index (χ4v) is 1.11. The van der Waals surface area contributed by atoms with Crippen LogP contribution in [0, 0.1) is 5.92 Å². The minimum atomic E-state index is 0. The zero-order valence-electron chi connectivity index (χ0n) is 5.94. The van der Waals surface area contributed by atoms with Gasteiger partial charge in [-0.05, 0) is 11.6 Å². The summed E-state index contributed by atoms with van der Waals surface area (Å²) < 4.78 is 5.01. The van der Waals surface area contributed by atoms with Crippen molar-refractivity contribution >= 4 is 12.4 Å². The molecule has 0 spiro atoms. The average Bonchev–Trinajstić information content (AvgIpc) is 2.05. The Morgan fingerprint density at radius 1 is 1.18 bits per heavy atom. The second-order valence-electron chi connectivity index (χ2n) is 2.35.